The minimum Gasteiger partial charge on any atom is -0.248 e. The molecule has 0 atom stereocenters. The zero-order valence-corrected chi connectivity index (χ0v) is 26.0. The minimum atomic E-state index is 0.577. The van der Waals surface area contributed by atoms with Gasteiger partial charge in [-0.2, -0.15) is 5.26 Å². The Labute approximate surface area is 279 Å². The van der Waals surface area contributed by atoms with Gasteiger partial charge in [0.2, 0.25) is 0 Å². The standard InChI is InChI=1S/C44H28N4/c45-29-30-11-9-17-36(25-30)43-44(48-40-20-8-7-19-39(40)47-43)37-18-10-16-35(26-37)42-28-38(27-41(46-42)34-14-5-2-6-15-34)33-23-21-32(22-24-33)31-12-3-1-4-13-31/h1-28H. The van der Waals surface area contributed by atoms with Crippen molar-refractivity contribution < 1.29 is 0 Å². The lowest BCUT2D eigenvalue weighted by Crippen LogP contribution is -1.96. The highest BCUT2D eigenvalue weighted by Crippen LogP contribution is 2.36. The Bertz CT molecular complexity index is 2450. The second-order valence-corrected chi connectivity index (χ2v) is 11.6. The summed E-state index contributed by atoms with van der Waals surface area (Å²) in [5.74, 6) is 0. The molecule has 0 aliphatic carbocycles. The number of nitrogens with zero attached hydrogens (tertiary/aromatic N) is 4. The molecule has 0 spiro atoms. The third kappa shape index (κ3) is 5.73. The summed E-state index contributed by atoms with van der Waals surface area (Å²) in [6.45, 7) is 0. The van der Waals surface area contributed by atoms with Gasteiger partial charge in [-0.15, -0.1) is 0 Å². The number of hydrogen-bond donors (Lipinski definition) is 0. The maximum absolute atomic E-state index is 9.61. The molecule has 0 aliphatic rings. The van der Waals surface area contributed by atoms with E-state index in [9.17, 15) is 5.26 Å². The van der Waals surface area contributed by atoms with E-state index in [-0.39, 0.29) is 0 Å². The highest BCUT2D eigenvalue weighted by Gasteiger charge is 2.16. The molecule has 0 radical (unpaired) electrons. The van der Waals surface area contributed by atoms with E-state index >= 15 is 0 Å². The fourth-order valence-electron chi connectivity index (χ4n) is 6.05. The molecule has 224 valence electrons. The normalized spacial score (nSPS) is 10.9. The number of pyridine rings is 1. The molecule has 2 heterocycles. The van der Waals surface area contributed by atoms with Gasteiger partial charge in [0.15, 0.2) is 0 Å². The molecule has 0 saturated heterocycles. The van der Waals surface area contributed by atoms with Crippen molar-refractivity contribution in [2.75, 3.05) is 0 Å². The zero-order chi connectivity index (χ0) is 32.3. The largest absolute Gasteiger partial charge is 0.248 e. The van der Waals surface area contributed by atoms with Crippen LogP contribution >= 0.6 is 0 Å². The van der Waals surface area contributed by atoms with Gasteiger partial charge in [-0.1, -0.05) is 127 Å². The van der Waals surface area contributed by atoms with E-state index in [1.807, 2.05) is 72.8 Å². The maximum atomic E-state index is 9.61. The van der Waals surface area contributed by atoms with E-state index in [4.69, 9.17) is 15.0 Å². The van der Waals surface area contributed by atoms with Crippen LogP contribution < -0.4 is 0 Å². The Morgan fingerprint density at radius 2 is 0.792 bits per heavy atom. The number of rotatable bonds is 6. The van der Waals surface area contributed by atoms with Gasteiger partial charge in [-0.25, -0.2) is 15.0 Å². The lowest BCUT2D eigenvalue weighted by molar-refractivity contribution is 1.29. The predicted molar refractivity (Wildman–Crippen MR) is 195 cm³/mol. The van der Waals surface area contributed by atoms with Crippen molar-refractivity contribution in [3.63, 3.8) is 0 Å². The van der Waals surface area contributed by atoms with Crippen LogP contribution in [0, 0.1) is 11.3 Å². The molecule has 6 aromatic carbocycles. The Balaban J connectivity index is 1.27. The molecule has 4 heteroatoms. The molecule has 8 aromatic rings. The number of nitriles is 1. The van der Waals surface area contributed by atoms with Crippen LogP contribution in [0.1, 0.15) is 5.56 Å². The Kier molecular flexibility index (Phi) is 7.54. The van der Waals surface area contributed by atoms with E-state index in [0.29, 0.717) is 5.56 Å². The Morgan fingerprint density at radius 1 is 0.333 bits per heavy atom. The molecular formula is C44H28N4. The second kappa shape index (κ2) is 12.6. The van der Waals surface area contributed by atoms with E-state index in [1.54, 1.807) is 6.07 Å². The summed E-state index contributed by atoms with van der Waals surface area (Å²) in [6, 6.07) is 59.8. The first-order chi connectivity index (χ1) is 23.7. The molecule has 0 aliphatic heterocycles. The van der Waals surface area contributed by atoms with Gasteiger partial charge >= 0.3 is 0 Å². The van der Waals surface area contributed by atoms with Crippen LogP contribution in [0.4, 0.5) is 0 Å². The first-order valence-corrected chi connectivity index (χ1v) is 15.8. The average molecular weight is 613 g/mol. The first kappa shape index (κ1) is 28.8. The van der Waals surface area contributed by atoms with Crippen LogP contribution in [-0.2, 0) is 0 Å². The van der Waals surface area contributed by atoms with Gasteiger partial charge in [-0.3, -0.25) is 0 Å². The highest BCUT2D eigenvalue weighted by atomic mass is 14.8. The molecule has 48 heavy (non-hydrogen) atoms. The van der Waals surface area contributed by atoms with Crippen molar-refractivity contribution in [1.29, 1.82) is 5.26 Å². The molecule has 8 rings (SSSR count). The maximum Gasteiger partial charge on any atom is 0.0991 e. The minimum absolute atomic E-state index is 0.577. The van der Waals surface area contributed by atoms with Crippen LogP contribution in [0.25, 0.3) is 78.3 Å². The van der Waals surface area contributed by atoms with Crippen LogP contribution in [0.5, 0.6) is 0 Å². The first-order valence-electron chi connectivity index (χ1n) is 15.8. The third-order valence-corrected chi connectivity index (χ3v) is 8.49. The van der Waals surface area contributed by atoms with E-state index in [1.165, 1.54) is 11.1 Å². The number of benzene rings is 6. The van der Waals surface area contributed by atoms with E-state index in [0.717, 1.165) is 67.2 Å². The molecule has 4 nitrogen and oxygen atoms in total. The van der Waals surface area contributed by atoms with Crippen LogP contribution in [-0.4, -0.2) is 15.0 Å². The molecule has 0 bridgehead atoms. The summed E-state index contributed by atoms with van der Waals surface area (Å²) in [7, 11) is 0. The predicted octanol–water partition coefficient (Wildman–Crippen LogP) is 10.9. The van der Waals surface area contributed by atoms with Crippen molar-refractivity contribution >= 4 is 11.0 Å². The average Bonchev–Trinajstić information content (AvgIpc) is 3.18. The molecule has 0 unspecified atom stereocenters. The van der Waals surface area contributed by atoms with Crippen LogP contribution in [0.15, 0.2) is 170 Å². The van der Waals surface area contributed by atoms with E-state index < -0.39 is 0 Å². The van der Waals surface area contributed by atoms with Crippen LogP contribution in [0.3, 0.4) is 0 Å². The molecule has 0 amide bonds. The molecule has 2 aromatic heterocycles. The zero-order valence-electron chi connectivity index (χ0n) is 26.0. The van der Waals surface area contributed by atoms with Gasteiger partial charge in [-0.05, 0) is 64.7 Å². The Morgan fingerprint density at radius 3 is 1.42 bits per heavy atom. The van der Waals surface area contributed by atoms with Gasteiger partial charge in [0.1, 0.15) is 0 Å². The van der Waals surface area contributed by atoms with Crippen molar-refractivity contribution in [3.8, 4) is 73.4 Å². The van der Waals surface area contributed by atoms with E-state index in [2.05, 4.69) is 97.1 Å². The summed E-state index contributed by atoms with van der Waals surface area (Å²) in [5.41, 5.74) is 13.8. The number of para-hydroxylation sites is 2. The highest BCUT2D eigenvalue weighted by molar-refractivity contribution is 5.88. The number of fused-ring (bicyclic) bond motifs is 1. The molecule has 0 saturated carbocycles. The fraction of sp³-hybridized carbons (Fsp3) is 0. The van der Waals surface area contributed by atoms with Crippen molar-refractivity contribution in [2.45, 2.75) is 0 Å². The lowest BCUT2D eigenvalue weighted by atomic mass is 9.96. The molecule has 0 fully saturated rings. The smallest absolute Gasteiger partial charge is 0.0991 e. The van der Waals surface area contributed by atoms with Gasteiger partial charge in [0, 0.05) is 22.3 Å². The summed E-state index contributed by atoms with van der Waals surface area (Å²) >= 11 is 0. The van der Waals surface area contributed by atoms with Crippen LogP contribution in [0.2, 0.25) is 0 Å². The second-order valence-electron chi connectivity index (χ2n) is 11.6. The summed E-state index contributed by atoms with van der Waals surface area (Å²) in [6.07, 6.45) is 0. The molecule has 0 N–H and O–H groups in total. The van der Waals surface area contributed by atoms with Crippen molar-refractivity contribution in [1.82, 2.24) is 15.0 Å². The fourth-order valence-corrected chi connectivity index (χ4v) is 6.05. The summed E-state index contributed by atoms with van der Waals surface area (Å²) in [4.78, 5) is 15.3. The van der Waals surface area contributed by atoms with Crippen molar-refractivity contribution in [3.05, 3.63) is 175 Å². The number of aromatic nitrogens is 3. The number of hydrogen-bond acceptors (Lipinski definition) is 4. The van der Waals surface area contributed by atoms with Gasteiger partial charge in [0.05, 0.1) is 45.4 Å². The lowest BCUT2D eigenvalue weighted by Gasteiger charge is -2.13. The molecular weight excluding hydrogens is 585 g/mol. The third-order valence-electron chi connectivity index (χ3n) is 8.49. The van der Waals surface area contributed by atoms with Crippen molar-refractivity contribution in [2.24, 2.45) is 0 Å². The van der Waals surface area contributed by atoms with Gasteiger partial charge in [0.25, 0.3) is 0 Å². The summed E-state index contributed by atoms with van der Waals surface area (Å²) in [5, 5.41) is 9.61. The topological polar surface area (TPSA) is 62.5 Å². The quantitative estimate of drug-likeness (QED) is 0.187. The monoisotopic (exact) mass is 612 g/mol. The SMILES string of the molecule is N#Cc1cccc(-c2nc3ccccc3nc2-c2cccc(-c3cc(-c4ccc(-c5ccccc5)cc4)cc(-c4ccccc4)n3)c2)c1. The Hall–Kier alpha value is -6.70. The summed E-state index contributed by atoms with van der Waals surface area (Å²) < 4.78 is 0. The van der Waals surface area contributed by atoms with Gasteiger partial charge < -0.3 is 0 Å².